The summed E-state index contributed by atoms with van der Waals surface area (Å²) in [5.74, 6) is 2.07. The van der Waals surface area contributed by atoms with E-state index in [9.17, 15) is 0 Å². The van der Waals surface area contributed by atoms with Crippen molar-refractivity contribution >= 4 is 0 Å². The molecule has 4 rings (SSSR count). The topological polar surface area (TPSA) is 3.24 Å². The Bertz CT molecular complexity index is 597. The van der Waals surface area contributed by atoms with Crippen LogP contribution in [0.25, 0.3) is 0 Å². The third-order valence-electron chi connectivity index (χ3n) is 7.37. The zero-order valence-corrected chi connectivity index (χ0v) is 16.1. The molecule has 24 heavy (non-hydrogen) atoms. The van der Waals surface area contributed by atoms with E-state index in [1.807, 2.05) is 0 Å². The van der Waals surface area contributed by atoms with Gasteiger partial charge in [0.25, 0.3) is 0 Å². The minimum absolute atomic E-state index is 0.264. The Balaban J connectivity index is 1.46. The summed E-state index contributed by atoms with van der Waals surface area (Å²) in [6.07, 6.45) is 11.3. The molecule has 0 aliphatic heterocycles. The summed E-state index contributed by atoms with van der Waals surface area (Å²) in [5.41, 5.74) is 5.01. The summed E-state index contributed by atoms with van der Waals surface area (Å²) in [6.45, 7) is 6.99. The highest BCUT2D eigenvalue weighted by atomic mass is 15.2. The van der Waals surface area contributed by atoms with Gasteiger partial charge < -0.3 is 4.90 Å². The van der Waals surface area contributed by atoms with Crippen molar-refractivity contribution < 1.29 is 0 Å². The van der Waals surface area contributed by atoms with Crippen molar-refractivity contribution in [3.05, 3.63) is 34.9 Å². The molecule has 1 aromatic rings. The number of hydrogen-bond donors (Lipinski definition) is 0. The van der Waals surface area contributed by atoms with Crippen molar-refractivity contribution in [3.63, 3.8) is 0 Å². The van der Waals surface area contributed by atoms with Gasteiger partial charge in [0.2, 0.25) is 0 Å². The van der Waals surface area contributed by atoms with Gasteiger partial charge in [-0.1, -0.05) is 45.4 Å². The molecule has 0 heterocycles. The number of hydrogen-bond acceptors (Lipinski definition) is 1. The first kappa shape index (κ1) is 16.6. The molecule has 0 aromatic heterocycles. The molecule has 0 saturated heterocycles. The molecule has 0 N–H and O–H groups in total. The molecular formula is C23H35N. The quantitative estimate of drug-likeness (QED) is 0.662. The predicted molar refractivity (Wildman–Crippen MR) is 103 cm³/mol. The summed E-state index contributed by atoms with van der Waals surface area (Å²) >= 11 is 0. The van der Waals surface area contributed by atoms with Crippen molar-refractivity contribution in [1.29, 1.82) is 0 Å². The average molecular weight is 326 g/mol. The summed E-state index contributed by atoms with van der Waals surface area (Å²) < 4.78 is 0. The van der Waals surface area contributed by atoms with E-state index in [2.05, 4.69) is 50.9 Å². The lowest BCUT2D eigenvalue weighted by molar-refractivity contribution is 0.115. The van der Waals surface area contributed by atoms with E-state index in [4.69, 9.17) is 0 Å². The van der Waals surface area contributed by atoms with Crippen LogP contribution in [0, 0.1) is 11.8 Å². The van der Waals surface area contributed by atoms with E-state index in [0.717, 1.165) is 23.9 Å². The fourth-order valence-corrected chi connectivity index (χ4v) is 5.75. The molecule has 4 unspecified atom stereocenters. The van der Waals surface area contributed by atoms with Crippen molar-refractivity contribution in [2.45, 2.75) is 89.6 Å². The largest absolute Gasteiger partial charge is 0.300 e. The van der Waals surface area contributed by atoms with E-state index in [0.29, 0.717) is 0 Å². The Morgan fingerprint density at radius 1 is 0.917 bits per heavy atom. The molecule has 0 amide bonds. The van der Waals surface area contributed by atoms with Gasteiger partial charge in [0.05, 0.1) is 0 Å². The lowest BCUT2D eigenvalue weighted by atomic mass is 9.84. The number of rotatable bonds is 2. The minimum atomic E-state index is 0.264. The van der Waals surface area contributed by atoms with Gasteiger partial charge in [-0.3, -0.25) is 0 Å². The van der Waals surface area contributed by atoms with Crippen LogP contribution in [0.15, 0.2) is 18.2 Å². The highest BCUT2D eigenvalue weighted by Crippen LogP contribution is 2.47. The molecule has 3 aliphatic carbocycles. The molecule has 1 nitrogen and oxygen atoms in total. The van der Waals surface area contributed by atoms with Crippen molar-refractivity contribution in [2.75, 3.05) is 7.05 Å². The van der Waals surface area contributed by atoms with Crippen LogP contribution in [0.4, 0.5) is 0 Å². The summed E-state index contributed by atoms with van der Waals surface area (Å²) in [5, 5.41) is 0. The van der Waals surface area contributed by atoms with Crippen molar-refractivity contribution in [3.8, 4) is 0 Å². The zero-order valence-electron chi connectivity index (χ0n) is 16.1. The molecule has 0 spiro atoms. The van der Waals surface area contributed by atoms with Gasteiger partial charge >= 0.3 is 0 Å². The highest BCUT2D eigenvalue weighted by molar-refractivity contribution is 5.36. The van der Waals surface area contributed by atoms with Crippen LogP contribution in [0.2, 0.25) is 0 Å². The van der Waals surface area contributed by atoms with Crippen molar-refractivity contribution in [1.82, 2.24) is 4.90 Å². The monoisotopic (exact) mass is 325 g/mol. The second-order valence-electron chi connectivity index (χ2n) is 9.87. The minimum Gasteiger partial charge on any atom is -0.300 e. The van der Waals surface area contributed by atoms with Crippen LogP contribution in [0.5, 0.6) is 0 Å². The fourth-order valence-electron chi connectivity index (χ4n) is 5.75. The molecule has 0 radical (unpaired) electrons. The second-order valence-corrected chi connectivity index (χ2v) is 9.87. The first-order chi connectivity index (χ1) is 11.4. The third kappa shape index (κ3) is 3.05. The Labute approximate surface area is 148 Å². The van der Waals surface area contributed by atoms with Crippen LogP contribution < -0.4 is 0 Å². The summed E-state index contributed by atoms with van der Waals surface area (Å²) in [6, 6.07) is 8.99. The molecule has 3 aliphatic rings. The third-order valence-corrected chi connectivity index (χ3v) is 7.37. The lowest BCUT2D eigenvalue weighted by Crippen LogP contribution is -2.43. The number of fused-ring (bicyclic) bond motifs is 3. The standard InChI is InChI=1S/C23H35N/c1-23(2,3)20-10-7-17-8-11-21(12-9-18(17)15-20)24(4)22-14-16-5-6-19(22)13-16/h7,10,15-16,19,21-22H,5-6,8-9,11-14H2,1-4H3. The summed E-state index contributed by atoms with van der Waals surface area (Å²) in [7, 11) is 2.44. The average Bonchev–Trinajstić information content (AvgIpc) is 3.11. The molecule has 2 bridgehead atoms. The van der Waals surface area contributed by atoms with E-state index < -0.39 is 0 Å². The van der Waals surface area contributed by atoms with Gasteiger partial charge in [0.1, 0.15) is 0 Å². The maximum Gasteiger partial charge on any atom is 0.0126 e. The van der Waals surface area contributed by atoms with Crippen molar-refractivity contribution in [2.24, 2.45) is 11.8 Å². The molecule has 2 saturated carbocycles. The van der Waals surface area contributed by atoms with E-state index in [-0.39, 0.29) is 5.41 Å². The Hall–Kier alpha value is -0.820. The smallest absolute Gasteiger partial charge is 0.0126 e. The van der Waals surface area contributed by atoms with Crippen LogP contribution in [-0.4, -0.2) is 24.0 Å². The number of aryl methyl sites for hydroxylation is 2. The van der Waals surface area contributed by atoms with Gasteiger partial charge in [-0.25, -0.2) is 0 Å². The Morgan fingerprint density at radius 3 is 2.29 bits per heavy atom. The summed E-state index contributed by atoms with van der Waals surface area (Å²) in [4.78, 5) is 2.81. The maximum absolute atomic E-state index is 2.81. The first-order valence-electron chi connectivity index (χ1n) is 10.3. The van der Waals surface area contributed by atoms with Crippen LogP contribution >= 0.6 is 0 Å². The molecular weight excluding hydrogens is 290 g/mol. The van der Waals surface area contributed by atoms with Gasteiger partial charge in [-0.05, 0) is 85.9 Å². The maximum atomic E-state index is 2.81. The molecule has 4 atom stereocenters. The van der Waals surface area contributed by atoms with Gasteiger partial charge in [0, 0.05) is 12.1 Å². The zero-order chi connectivity index (χ0) is 16.9. The number of nitrogens with zero attached hydrogens (tertiary/aromatic N) is 1. The van der Waals surface area contributed by atoms with Crippen LogP contribution in [0.3, 0.4) is 0 Å². The lowest BCUT2D eigenvalue weighted by Gasteiger charge is -2.37. The van der Waals surface area contributed by atoms with Crippen LogP contribution in [0.1, 0.15) is 76.0 Å². The normalized spacial score (nSPS) is 32.9. The Morgan fingerprint density at radius 2 is 1.67 bits per heavy atom. The highest BCUT2D eigenvalue weighted by Gasteiger charge is 2.42. The Kier molecular flexibility index (Phi) is 4.27. The molecule has 132 valence electrons. The van der Waals surface area contributed by atoms with Crippen LogP contribution in [-0.2, 0) is 18.3 Å². The van der Waals surface area contributed by atoms with E-state index >= 15 is 0 Å². The molecule has 1 heteroatoms. The van der Waals surface area contributed by atoms with Gasteiger partial charge in [-0.2, -0.15) is 0 Å². The molecule has 1 aromatic carbocycles. The van der Waals surface area contributed by atoms with E-state index in [1.165, 1.54) is 56.9 Å². The molecule has 2 fully saturated rings. The fraction of sp³-hybridized carbons (Fsp3) is 0.739. The SMILES string of the molecule is CN(C1CCc2ccc(C(C)(C)C)cc2CC1)C1CC2CCC1C2. The van der Waals surface area contributed by atoms with Gasteiger partial charge in [0.15, 0.2) is 0 Å². The van der Waals surface area contributed by atoms with E-state index in [1.54, 1.807) is 11.1 Å². The van der Waals surface area contributed by atoms with Gasteiger partial charge in [-0.15, -0.1) is 0 Å². The first-order valence-corrected chi connectivity index (χ1v) is 10.3. The number of benzene rings is 1. The second kappa shape index (κ2) is 6.16. The predicted octanol–water partition coefficient (Wildman–Crippen LogP) is 5.35.